The Hall–Kier alpha value is -4.44. The largest absolute Gasteiger partial charge is 0.573 e. The highest BCUT2D eigenvalue weighted by Gasteiger charge is 2.31. The smallest absolute Gasteiger partial charge is 0.406 e. The number of rotatable bonds is 6. The molecular formula is C29H24F3N5OS. The molecule has 10 heteroatoms. The van der Waals surface area contributed by atoms with Crippen molar-refractivity contribution >= 4 is 51.0 Å². The number of nitrogens with zero attached hydrogens (tertiary/aromatic N) is 3. The van der Waals surface area contributed by atoms with Gasteiger partial charge in [-0.1, -0.05) is 50.2 Å². The lowest BCUT2D eigenvalue weighted by atomic mass is 10.0. The minimum atomic E-state index is -4.73. The average molecular weight is 548 g/mol. The van der Waals surface area contributed by atoms with Crippen molar-refractivity contribution in [3.8, 4) is 11.4 Å². The normalized spacial score (nSPS) is 11.9. The van der Waals surface area contributed by atoms with E-state index in [1.165, 1.54) is 17.7 Å². The molecule has 0 unspecified atom stereocenters. The van der Waals surface area contributed by atoms with Gasteiger partial charge in [-0.25, -0.2) is 4.98 Å². The van der Waals surface area contributed by atoms with Crippen molar-refractivity contribution in [3.05, 3.63) is 96.3 Å². The maximum absolute atomic E-state index is 12.5. The number of hydrogen-bond acceptors (Lipinski definition) is 4. The van der Waals surface area contributed by atoms with Gasteiger partial charge < -0.3 is 10.1 Å². The molecular weight excluding hydrogens is 523 g/mol. The third-order valence-electron chi connectivity index (χ3n) is 6.12. The van der Waals surface area contributed by atoms with Crippen LogP contribution in [0.3, 0.4) is 0 Å². The third kappa shape index (κ3) is 6.01. The lowest BCUT2D eigenvalue weighted by molar-refractivity contribution is -0.274. The van der Waals surface area contributed by atoms with E-state index in [2.05, 4.69) is 45.5 Å². The van der Waals surface area contributed by atoms with Crippen LogP contribution in [-0.2, 0) is 0 Å². The fraction of sp³-hybridized carbons (Fsp3) is 0.138. The number of aromatic nitrogens is 2. The Morgan fingerprint density at radius 3 is 2.54 bits per heavy atom. The van der Waals surface area contributed by atoms with E-state index >= 15 is 0 Å². The van der Waals surface area contributed by atoms with Gasteiger partial charge in [0.05, 0.1) is 17.2 Å². The molecule has 0 aliphatic carbocycles. The Balaban J connectivity index is 1.31. The summed E-state index contributed by atoms with van der Waals surface area (Å²) in [7, 11) is 0. The van der Waals surface area contributed by atoms with Crippen molar-refractivity contribution in [1.29, 1.82) is 0 Å². The van der Waals surface area contributed by atoms with Gasteiger partial charge in [0.25, 0.3) is 0 Å². The zero-order valence-corrected chi connectivity index (χ0v) is 21.8. The highest BCUT2D eigenvalue weighted by molar-refractivity contribution is 7.80. The minimum absolute atomic E-state index is 0.276. The standard InChI is InChI=1S/C29H24F3N5OS/c1-18(2)23-5-3-4-6-25(23)35-28(39)36-34-16-19-7-13-24-20(15-19)8-14-26-27(24)33-17-37(26)21-9-11-22(12-10-21)38-29(30,31)32/h3-18H,1-2H3,(H2,35,36,39)/b34-16-. The number of ether oxygens (including phenoxy) is 1. The van der Waals surface area contributed by atoms with Crippen molar-refractivity contribution in [2.45, 2.75) is 26.1 Å². The quantitative estimate of drug-likeness (QED) is 0.131. The first-order valence-corrected chi connectivity index (χ1v) is 12.5. The molecule has 0 bridgehead atoms. The number of anilines is 1. The lowest BCUT2D eigenvalue weighted by Gasteiger charge is -2.14. The van der Waals surface area contributed by atoms with Crippen molar-refractivity contribution in [2.24, 2.45) is 5.10 Å². The Bertz CT molecular complexity index is 1680. The van der Waals surface area contributed by atoms with Crippen molar-refractivity contribution in [2.75, 3.05) is 5.32 Å². The molecule has 4 aromatic carbocycles. The Kier molecular flexibility index (Phi) is 7.21. The highest BCUT2D eigenvalue weighted by atomic mass is 32.1. The first-order valence-electron chi connectivity index (χ1n) is 12.1. The second-order valence-corrected chi connectivity index (χ2v) is 9.54. The third-order valence-corrected chi connectivity index (χ3v) is 6.31. The molecule has 0 aliphatic rings. The minimum Gasteiger partial charge on any atom is -0.406 e. The zero-order valence-electron chi connectivity index (χ0n) is 21.0. The molecule has 0 saturated heterocycles. The Labute approximate surface area is 228 Å². The van der Waals surface area contributed by atoms with E-state index < -0.39 is 6.36 Å². The van der Waals surface area contributed by atoms with E-state index in [9.17, 15) is 13.2 Å². The number of para-hydroxylation sites is 1. The SMILES string of the molecule is CC(C)c1ccccc1NC(=S)N/N=C\c1ccc2c(ccc3c2ncn3-c2ccc(OC(F)(F)F)cc2)c1. The van der Waals surface area contributed by atoms with E-state index in [1.807, 2.05) is 53.1 Å². The van der Waals surface area contributed by atoms with Gasteiger partial charge in [0.2, 0.25) is 0 Å². The van der Waals surface area contributed by atoms with E-state index in [4.69, 9.17) is 12.2 Å². The number of nitrogens with one attached hydrogen (secondary N) is 2. The molecule has 0 saturated carbocycles. The summed E-state index contributed by atoms with van der Waals surface area (Å²) >= 11 is 5.40. The van der Waals surface area contributed by atoms with E-state index in [1.54, 1.807) is 24.7 Å². The number of hydrazone groups is 1. The highest BCUT2D eigenvalue weighted by Crippen LogP contribution is 2.29. The fourth-order valence-corrected chi connectivity index (χ4v) is 4.52. The molecule has 1 heterocycles. The van der Waals surface area contributed by atoms with Crippen LogP contribution >= 0.6 is 12.2 Å². The molecule has 39 heavy (non-hydrogen) atoms. The molecule has 0 fully saturated rings. The number of thiocarbonyl (C=S) groups is 1. The molecule has 0 amide bonds. The van der Waals surface area contributed by atoms with Crippen LogP contribution < -0.4 is 15.5 Å². The first kappa shape index (κ1) is 26.2. The van der Waals surface area contributed by atoms with Gasteiger partial charge in [-0.15, -0.1) is 13.2 Å². The maximum atomic E-state index is 12.5. The Morgan fingerprint density at radius 2 is 1.79 bits per heavy atom. The van der Waals surface area contributed by atoms with Gasteiger partial charge in [-0.3, -0.25) is 9.99 Å². The molecule has 5 rings (SSSR count). The van der Waals surface area contributed by atoms with Crippen molar-refractivity contribution in [3.63, 3.8) is 0 Å². The van der Waals surface area contributed by atoms with E-state index in [-0.39, 0.29) is 5.75 Å². The number of hydrogen-bond donors (Lipinski definition) is 2. The molecule has 2 N–H and O–H groups in total. The van der Waals surface area contributed by atoms with Crippen molar-refractivity contribution in [1.82, 2.24) is 15.0 Å². The van der Waals surface area contributed by atoms with Crippen LogP contribution in [-0.4, -0.2) is 27.2 Å². The van der Waals surface area contributed by atoms with E-state index in [0.29, 0.717) is 16.7 Å². The van der Waals surface area contributed by atoms with Crippen LogP contribution in [0, 0.1) is 0 Å². The topological polar surface area (TPSA) is 63.5 Å². The van der Waals surface area contributed by atoms with Crippen molar-refractivity contribution < 1.29 is 17.9 Å². The fourth-order valence-electron chi connectivity index (χ4n) is 4.35. The predicted molar refractivity (Wildman–Crippen MR) is 153 cm³/mol. The van der Waals surface area contributed by atoms with Crippen LogP contribution in [0.4, 0.5) is 18.9 Å². The zero-order chi connectivity index (χ0) is 27.6. The summed E-state index contributed by atoms with van der Waals surface area (Å²) in [6, 6.07) is 23.5. The van der Waals surface area contributed by atoms with Crippen LogP contribution in [0.1, 0.15) is 30.9 Å². The summed E-state index contributed by atoms with van der Waals surface area (Å²) in [5.74, 6) is 0.0793. The molecule has 0 spiro atoms. The molecule has 0 atom stereocenters. The molecule has 0 aliphatic heterocycles. The molecule has 6 nitrogen and oxygen atoms in total. The molecule has 0 radical (unpaired) electrons. The summed E-state index contributed by atoms with van der Waals surface area (Å²) in [4.78, 5) is 4.56. The van der Waals surface area contributed by atoms with Gasteiger partial charge in [0.15, 0.2) is 5.11 Å². The van der Waals surface area contributed by atoms with E-state index in [0.717, 1.165) is 33.1 Å². The predicted octanol–water partition coefficient (Wildman–Crippen LogP) is 7.52. The van der Waals surface area contributed by atoms with Crippen LogP contribution in [0.25, 0.3) is 27.5 Å². The number of imidazole rings is 1. The number of benzene rings is 4. The molecule has 198 valence electrons. The van der Waals surface area contributed by atoms with Gasteiger partial charge in [-0.05, 0) is 77.1 Å². The monoisotopic (exact) mass is 547 g/mol. The van der Waals surface area contributed by atoms with Gasteiger partial charge in [-0.2, -0.15) is 5.10 Å². The Morgan fingerprint density at radius 1 is 1.03 bits per heavy atom. The summed E-state index contributed by atoms with van der Waals surface area (Å²) < 4.78 is 43.2. The number of alkyl halides is 3. The second kappa shape index (κ2) is 10.7. The van der Waals surface area contributed by atoms with Crippen LogP contribution in [0.2, 0.25) is 0 Å². The first-order chi connectivity index (χ1) is 18.7. The van der Waals surface area contributed by atoms with Gasteiger partial charge >= 0.3 is 6.36 Å². The number of fused-ring (bicyclic) bond motifs is 3. The van der Waals surface area contributed by atoms with Crippen LogP contribution in [0.5, 0.6) is 5.75 Å². The summed E-state index contributed by atoms with van der Waals surface area (Å²) in [5.41, 5.74) is 8.12. The maximum Gasteiger partial charge on any atom is 0.573 e. The summed E-state index contributed by atoms with van der Waals surface area (Å²) in [6.45, 7) is 4.25. The molecule has 1 aromatic heterocycles. The summed E-state index contributed by atoms with van der Waals surface area (Å²) in [6.07, 6.45) is -1.40. The van der Waals surface area contributed by atoms with Gasteiger partial charge in [0.1, 0.15) is 12.1 Å². The number of halogens is 3. The van der Waals surface area contributed by atoms with Gasteiger partial charge in [0, 0.05) is 16.8 Å². The van der Waals surface area contributed by atoms with Crippen LogP contribution in [0.15, 0.2) is 90.3 Å². The second-order valence-electron chi connectivity index (χ2n) is 9.14. The molecule has 5 aromatic rings. The average Bonchev–Trinajstić information content (AvgIpc) is 3.33. The lowest BCUT2D eigenvalue weighted by Crippen LogP contribution is -2.24. The summed E-state index contributed by atoms with van der Waals surface area (Å²) in [5, 5.41) is 9.78.